The third-order valence-electron chi connectivity index (χ3n) is 5.74. The smallest absolute Gasteiger partial charge is 0.329 e. The lowest BCUT2D eigenvalue weighted by molar-refractivity contribution is -0.384. The second-order valence-corrected chi connectivity index (χ2v) is 8.93. The summed E-state index contributed by atoms with van der Waals surface area (Å²) in [5, 5.41) is 17.7. The number of hydrogen-bond acceptors (Lipinski definition) is 10. The van der Waals surface area contributed by atoms with Crippen molar-refractivity contribution < 1.29 is 28.3 Å². The minimum atomic E-state index is -0.678. The van der Waals surface area contributed by atoms with Gasteiger partial charge in [0.25, 0.3) is 0 Å². The summed E-state index contributed by atoms with van der Waals surface area (Å²) in [5.74, 6) is -0.312. The summed E-state index contributed by atoms with van der Waals surface area (Å²) in [7, 11) is 4.41. The number of ketones is 1. The summed E-state index contributed by atoms with van der Waals surface area (Å²) in [4.78, 5) is 32.9. The van der Waals surface area contributed by atoms with Crippen molar-refractivity contribution in [2.24, 2.45) is 0 Å². The average Bonchev–Trinajstić information content (AvgIpc) is 2.96. The van der Waals surface area contributed by atoms with Gasteiger partial charge in [0.15, 0.2) is 17.3 Å². The van der Waals surface area contributed by atoms with Gasteiger partial charge in [0.1, 0.15) is 12.0 Å². The molecular weight excluding hydrogens is 636 g/mol. The molecule has 0 aliphatic carbocycles. The number of hydrogen-bond donors (Lipinski definition) is 2. The van der Waals surface area contributed by atoms with Gasteiger partial charge >= 0.3 is 5.69 Å². The Bertz CT molecular complexity index is 1560. The molecule has 0 saturated carbocycles. The average molecular weight is 659 g/mol. The molecule has 0 spiro atoms. The Labute approximate surface area is 242 Å². The van der Waals surface area contributed by atoms with Gasteiger partial charge in [-0.2, -0.15) is 4.98 Å². The maximum absolute atomic E-state index is 14.5. The number of carbonyl (C=O) groups is 1. The third-order valence-corrected chi connectivity index (χ3v) is 6.62. The molecule has 0 aliphatic rings. The molecule has 2 N–H and O–H groups in total. The molecule has 0 aliphatic heterocycles. The van der Waals surface area contributed by atoms with Crippen LogP contribution in [0.15, 0.2) is 60.8 Å². The summed E-state index contributed by atoms with van der Waals surface area (Å²) in [6, 6.07) is 13.8. The van der Waals surface area contributed by atoms with Crippen molar-refractivity contribution in [1.29, 1.82) is 0 Å². The van der Waals surface area contributed by atoms with Crippen LogP contribution in [0, 0.1) is 15.9 Å². The van der Waals surface area contributed by atoms with Crippen molar-refractivity contribution >= 4 is 57.2 Å². The second kappa shape index (κ2) is 12.5. The largest absolute Gasteiger partial charge is 0.493 e. The highest BCUT2D eigenvalue weighted by Gasteiger charge is 2.23. The van der Waals surface area contributed by atoms with Gasteiger partial charge in [-0.05, 0) is 29.8 Å². The first-order chi connectivity index (χ1) is 19.3. The molecule has 0 amide bonds. The molecule has 0 bridgehead atoms. The fourth-order valence-electron chi connectivity index (χ4n) is 3.83. The van der Waals surface area contributed by atoms with E-state index in [1.807, 2.05) is 0 Å². The summed E-state index contributed by atoms with van der Waals surface area (Å²) >= 11 is 2.14. The first-order valence-electron chi connectivity index (χ1n) is 11.6. The molecule has 3 aromatic carbocycles. The van der Waals surface area contributed by atoms with Crippen LogP contribution in [0.1, 0.15) is 21.5 Å². The summed E-state index contributed by atoms with van der Waals surface area (Å²) in [6.45, 7) is 0. The quantitative estimate of drug-likeness (QED) is 0.0629. The Hall–Kier alpha value is -4.53. The van der Waals surface area contributed by atoms with Crippen LogP contribution >= 0.6 is 22.6 Å². The molecule has 0 unspecified atom stereocenters. The van der Waals surface area contributed by atoms with E-state index in [4.69, 9.17) is 14.2 Å². The maximum Gasteiger partial charge on any atom is 0.329 e. The lowest BCUT2D eigenvalue weighted by Gasteiger charge is -2.15. The van der Waals surface area contributed by atoms with E-state index in [1.54, 1.807) is 36.4 Å². The zero-order chi connectivity index (χ0) is 28.8. The van der Waals surface area contributed by atoms with Crippen LogP contribution in [0.3, 0.4) is 0 Å². The van der Waals surface area contributed by atoms with E-state index < -0.39 is 22.2 Å². The van der Waals surface area contributed by atoms with Crippen molar-refractivity contribution in [3.8, 4) is 17.2 Å². The molecule has 0 radical (unpaired) electrons. The zero-order valence-corrected chi connectivity index (χ0v) is 23.7. The van der Waals surface area contributed by atoms with Gasteiger partial charge < -0.3 is 24.8 Å². The van der Waals surface area contributed by atoms with Gasteiger partial charge in [0.05, 0.1) is 37.5 Å². The maximum atomic E-state index is 14.5. The van der Waals surface area contributed by atoms with Crippen LogP contribution < -0.4 is 24.8 Å². The molecule has 40 heavy (non-hydrogen) atoms. The molecule has 206 valence electrons. The molecule has 4 rings (SSSR count). The number of aromatic nitrogens is 2. The fraction of sp³-hybridized carbons (Fsp3) is 0.148. The first-order valence-corrected chi connectivity index (χ1v) is 13.2. The number of carbonyl (C=O) groups excluding carboxylic acids is 1. The lowest BCUT2D eigenvalue weighted by atomic mass is 9.99. The van der Waals surface area contributed by atoms with Crippen molar-refractivity contribution in [1.82, 2.24) is 9.97 Å². The number of anilines is 4. The first kappa shape index (κ1) is 28.5. The van der Waals surface area contributed by atoms with E-state index in [0.29, 0.717) is 27.4 Å². The van der Waals surface area contributed by atoms with Gasteiger partial charge in [0.2, 0.25) is 17.5 Å². The topological polar surface area (TPSA) is 138 Å². The number of nitrogens with zero attached hydrogens (tertiary/aromatic N) is 3. The van der Waals surface area contributed by atoms with Crippen LogP contribution in [0.2, 0.25) is 0 Å². The minimum Gasteiger partial charge on any atom is -0.493 e. The fourth-order valence-corrected chi connectivity index (χ4v) is 4.31. The lowest BCUT2D eigenvalue weighted by Crippen LogP contribution is -2.10. The molecule has 0 fully saturated rings. The molecule has 1 aromatic heterocycles. The predicted octanol–water partition coefficient (Wildman–Crippen LogP) is 6.20. The number of rotatable bonds is 11. The second-order valence-electron chi connectivity index (χ2n) is 8.17. The number of methoxy groups -OCH3 is 3. The van der Waals surface area contributed by atoms with Crippen molar-refractivity contribution in [2.45, 2.75) is 4.43 Å². The normalized spacial score (nSPS) is 10.5. The Morgan fingerprint density at radius 3 is 2.30 bits per heavy atom. The highest BCUT2D eigenvalue weighted by atomic mass is 127. The Morgan fingerprint density at radius 2 is 1.70 bits per heavy atom. The standard InChI is InChI=1S/C27H23FIN5O6/c1-38-22-11-16(12-23(39-2)25(22)40-3)31-27-30-14-21(34(36)37)26(33-27)32-20-9-8-15(13-29)10-18(20)24(35)17-6-4-5-7-19(17)28/h4-12,14H,13H2,1-3H3,(H2,30,31,32,33). The number of ether oxygens (including phenoxy) is 3. The SMILES string of the molecule is COc1cc(Nc2ncc([N+](=O)[O-])c(Nc3ccc(CI)cc3C(=O)c3ccccc3F)n2)cc(OC)c1OC. The molecule has 11 nitrogen and oxygen atoms in total. The summed E-state index contributed by atoms with van der Waals surface area (Å²) in [6.07, 6.45) is 1.03. The molecule has 1 heterocycles. The van der Waals surface area contributed by atoms with Gasteiger partial charge in [0, 0.05) is 27.8 Å². The van der Waals surface area contributed by atoms with Gasteiger partial charge in [-0.15, -0.1) is 0 Å². The summed E-state index contributed by atoms with van der Waals surface area (Å²) in [5.41, 5.74) is 1.05. The van der Waals surface area contributed by atoms with Crippen LogP contribution in [0.25, 0.3) is 0 Å². The van der Waals surface area contributed by atoms with E-state index in [-0.39, 0.29) is 28.6 Å². The molecule has 4 aromatic rings. The zero-order valence-electron chi connectivity index (χ0n) is 21.5. The minimum absolute atomic E-state index is 0.00763. The van der Waals surface area contributed by atoms with Gasteiger partial charge in [-0.3, -0.25) is 14.9 Å². The van der Waals surface area contributed by atoms with Crippen LogP contribution in [0.5, 0.6) is 17.2 Å². The van der Waals surface area contributed by atoms with Crippen LogP contribution in [-0.4, -0.2) is 42.0 Å². The monoisotopic (exact) mass is 659 g/mol. The third kappa shape index (κ3) is 6.03. The van der Waals surface area contributed by atoms with Crippen molar-refractivity contribution in [3.05, 3.63) is 93.4 Å². The number of benzene rings is 3. The highest BCUT2D eigenvalue weighted by Crippen LogP contribution is 2.40. The van der Waals surface area contributed by atoms with Crippen LogP contribution in [0.4, 0.5) is 33.2 Å². The molecular formula is C27H23FIN5O6. The number of halogens is 2. The number of nitrogens with one attached hydrogen (secondary N) is 2. The summed E-state index contributed by atoms with van der Waals surface area (Å²) < 4.78 is 31.1. The Balaban J connectivity index is 1.75. The van der Waals surface area contributed by atoms with Gasteiger partial charge in [-0.25, -0.2) is 9.37 Å². The van der Waals surface area contributed by atoms with E-state index in [1.165, 1.54) is 39.5 Å². The van der Waals surface area contributed by atoms with E-state index >= 15 is 0 Å². The predicted molar refractivity (Wildman–Crippen MR) is 155 cm³/mol. The van der Waals surface area contributed by atoms with Crippen LogP contribution in [-0.2, 0) is 4.43 Å². The van der Waals surface area contributed by atoms with Gasteiger partial charge in [-0.1, -0.05) is 40.8 Å². The van der Waals surface area contributed by atoms with E-state index in [2.05, 4.69) is 43.2 Å². The number of alkyl halides is 1. The molecule has 0 atom stereocenters. The highest BCUT2D eigenvalue weighted by molar-refractivity contribution is 14.1. The van der Waals surface area contributed by atoms with E-state index in [9.17, 15) is 19.3 Å². The molecule has 13 heteroatoms. The van der Waals surface area contributed by atoms with Crippen molar-refractivity contribution in [3.63, 3.8) is 0 Å². The Morgan fingerprint density at radius 1 is 1.00 bits per heavy atom. The molecule has 0 saturated heterocycles. The Kier molecular flexibility index (Phi) is 8.93. The number of nitro groups is 1. The van der Waals surface area contributed by atoms with E-state index in [0.717, 1.165) is 11.8 Å². The van der Waals surface area contributed by atoms with Crippen molar-refractivity contribution in [2.75, 3.05) is 32.0 Å².